The van der Waals surface area contributed by atoms with Gasteiger partial charge in [-0.2, -0.15) is 5.10 Å². The Balaban J connectivity index is 0.000000254. The van der Waals surface area contributed by atoms with Gasteiger partial charge in [-0.1, -0.05) is 17.7 Å². The summed E-state index contributed by atoms with van der Waals surface area (Å²) in [6, 6.07) is 13.4. The number of carbonyl (C=O) groups excluding carboxylic acids is 1. The molecule has 0 radical (unpaired) electrons. The molecule has 1 aromatic heterocycles. The van der Waals surface area contributed by atoms with Crippen molar-refractivity contribution < 1.29 is 19.7 Å². The summed E-state index contributed by atoms with van der Waals surface area (Å²) in [6.07, 6.45) is 0. The fourth-order valence-electron chi connectivity index (χ4n) is 2.33. The van der Waals surface area contributed by atoms with Gasteiger partial charge in [0.05, 0.1) is 5.69 Å². The van der Waals surface area contributed by atoms with Crippen LogP contribution in [0.1, 0.15) is 28.5 Å². The Morgan fingerprint density at radius 2 is 1.46 bits per heavy atom. The molecule has 0 saturated heterocycles. The largest absolute Gasteiger partial charge is 0.508 e. The maximum absolute atomic E-state index is 11.6. The van der Waals surface area contributed by atoms with Gasteiger partial charge in [0.2, 0.25) is 5.88 Å². The molecule has 136 valence electrons. The van der Waals surface area contributed by atoms with Crippen molar-refractivity contribution in [2.75, 3.05) is 0 Å². The Hall–Kier alpha value is -3.28. The van der Waals surface area contributed by atoms with Crippen molar-refractivity contribution in [3.05, 3.63) is 65.4 Å². The summed E-state index contributed by atoms with van der Waals surface area (Å²) in [5.74, 6) is 1.35. The first-order chi connectivity index (χ1) is 12.3. The van der Waals surface area contributed by atoms with Crippen LogP contribution in [0, 0.1) is 13.8 Å². The second kappa shape index (κ2) is 8.20. The molecule has 0 bridgehead atoms. The number of benzene rings is 2. The minimum absolute atomic E-state index is 0.0885. The summed E-state index contributed by atoms with van der Waals surface area (Å²) in [7, 11) is 1.72. The third kappa shape index (κ3) is 4.86. The second-order valence-electron chi connectivity index (χ2n) is 5.88. The van der Waals surface area contributed by atoms with Crippen LogP contribution in [0.4, 0.5) is 0 Å². The summed E-state index contributed by atoms with van der Waals surface area (Å²) in [4.78, 5) is 11.6. The molecule has 0 spiro atoms. The summed E-state index contributed by atoms with van der Waals surface area (Å²) in [5, 5.41) is 22.1. The van der Waals surface area contributed by atoms with Gasteiger partial charge >= 0.3 is 0 Å². The van der Waals surface area contributed by atoms with E-state index in [0.717, 1.165) is 0 Å². The molecule has 6 heteroatoms. The lowest BCUT2D eigenvalue weighted by Gasteiger charge is -2.07. The molecule has 0 amide bonds. The molecule has 2 aromatic carbocycles. The van der Waals surface area contributed by atoms with Gasteiger partial charge < -0.3 is 14.9 Å². The van der Waals surface area contributed by atoms with Gasteiger partial charge in [0, 0.05) is 7.05 Å². The van der Waals surface area contributed by atoms with Gasteiger partial charge in [-0.15, -0.1) is 0 Å². The molecule has 0 aliphatic heterocycles. The lowest BCUT2D eigenvalue weighted by atomic mass is 10.2. The predicted molar refractivity (Wildman–Crippen MR) is 99.0 cm³/mol. The monoisotopic (exact) mass is 354 g/mol. The highest BCUT2D eigenvalue weighted by molar-refractivity contribution is 5.97. The number of hydrogen-bond donors (Lipinski definition) is 2. The molecule has 0 atom stereocenters. The zero-order valence-corrected chi connectivity index (χ0v) is 15.2. The van der Waals surface area contributed by atoms with E-state index in [9.17, 15) is 9.90 Å². The molecule has 0 aliphatic rings. The number of hydrogen-bond acceptors (Lipinski definition) is 5. The van der Waals surface area contributed by atoms with Gasteiger partial charge in [0.25, 0.3) is 0 Å². The predicted octanol–water partition coefficient (Wildman–Crippen LogP) is 4.13. The fourth-order valence-corrected chi connectivity index (χ4v) is 2.33. The molecular weight excluding hydrogens is 332 g/mol. The molecule has 26 heavy (non-hydrogen) atoms. The summed E-state index contributed by atoms with van der Waals surface area (Å²) < 4.78 is 7.17. The molecule has 3 aromatic rings. The molecule has 2 N–H and O–H groups in total. The molecule has 0 aliphatic carbocycles. The van der Waals surface area contributed by atoms with Crippen LogP contribution in [-0.4, -0.2) is 25.8 Å². The SMILES string of the molecule is CC(=O)c1c(C)nn(C)c1Oc1ccc(O)cc1.Cc1ccc(O)cc1. The number of carbonyl (C=O) groups is 1. The number of rotatable bonds is 3. The first-order valence-electron chi connectivity index (χ1n) is 8.05. The zero-order valence-electron chi connectivity index (χ0n) is 15.2. The van der Waals surface area contributed by atoms with E-state index in [1.165, 1.54) is 29.3 Å². The topological polar surface area (TPSA) is 84.6 Å². The normalized spacial score (nSPS) is 10.0. The van der Waals surface area contributed by atoms with Gasteiger partial charge in [-0.25, -0.2) is 4.68 Å². The van der Waals surface area contributed by atoms with Crippen LogP contribution in [0.15, 0.2) is 48.5 Å². The Kier molecular flexibility index (Phi) is 6.01. The number of aryl methyl sites for hydroxylation is 3. The lowest BCUT2D eigenvalue weighted by Crippen LogP contribution is -1.99. The van der Waals surface area contributed by atoms with E-state index >= 15 is 0 Å². The molecule has 1 heterocycles. The average molecular weight is 354 g/mol. The van der Waals surface area contributed by atoms with Crippen molar-refractivity contribution in [3.63, 3.8) is 0 Å². The van der Waals surface area contributed by atoms with Crippen LogP contribution < -0.4 is 4.74 Å². The van der Waals surface area contributed by atoms with Crippen LogP contribution in [0.25, 0.3) is 0 Å². The Morgan fingerprint density at radius 3 is 1.92 bits per heavy atom. The van der Waals surface area contributed by atoms with Gasteiger partial charge in [-0.05, 0) is 57.2 Å². The van der Waals surface area contributed by atoms with Crippen molar-refractivity contribution in [1.29, 1.82) is 0 Å². The highest BCUT2D eigenvalue weighted by atomic mass is 16.5. The highest BCUT2D eigenvalue weighted by Crippen LogP contribution is 2.28. The summed E-state index contributed by atoms with van der Waals surface area (Å²) in [6.45, 7) is 5.23. The quantitative estimate of drug-likeness (QED) is 0.691. The number of Topliss-reactive ketones (excluding diaryl/α,β-unsaturated/α-hetero) is 1. The molecule has 3 rings (SSSR count). The lowest BCUT2D eigenvalue weighted by molar-refractivity contribution is 0.101. The van der Waals surface area contributed by atoms with Crippen LogP contribution in [-0.2, 0) is 7.05 Å². The smallest absolute Gasteiger partial charge is 0.228 e. The van der Waals surface area contributed by atoms with E-state index < -0.39 is 0 Å². The molecule has 0 unspecified atom stereocenters. The third-order valence-corrected chi connectivity index (χ3v) is 3.61. The fraction of sp³-hybridized carbons (Fsp3) is 0.200. The maximum atomic E-state index is 11.6. The van der Waals surface area contributed by atoms with E-state index in [4.69, 9.17) is 9.84 Å². The number of ketones is 1. The van der Waals surface area contributed by atoms with E-state index in [0.29, 0.717) is 28.6 Å². The first-order valence-corrected chi connectivity index (χ1v) is 8.05. The average Bonchev–Trinajstić information content (AvgIpc) is 2.87. The van der Waals surface area contributed by atoms with Crippen molar-refractivity contribution in [3.8, 4) is 23.1 Å². The number of phenolic OH excluding ortho intramolecular Hbond substituents is 2. The second-order valence-corrected chi connectivity index (χ2v) is 5.88. The van der Waals surface area contributed by atoms with Crippen molar-refractivity contribution in [2.45, 2.75) is 20.8 Å². The minimum atomic E-state index is -0.0885. The Bertz CT molecular complexity index is 860. The number of aromatic nitrogens is 2. The first kappa shape index (κ1) is 19.1. The van der Waals surface area contributed by atoms with E-state index in [1.54, 1.807) is 38.2 Å². The number of ether oxygens (including phenoxy) is 1. The van der Waals surface area contributed by atoms with Gasteiger partial charge in [0.1, 0.15) is 22.8 Å². The highest BCUT2D eigenvalue weighted by Gasteiger charge is 2.19. The Morgan fingerprint density at radius 1 is 0.962 bits per heavy atom. The third-order valence-electron chi connectivity index (χ3n) is 3.61. The number of phenols is 2. The van der Waals surface area contributed by atoms with Crippen molar-refractivity contribution in [1.82, 2.24) is 9.78 Å². The van der Waals surface area contributed by atoms with Crippen LogP contribution in [0.2, 0.25) is 0 Å². The minimum Gasteiger partial charge on any atom is -0.508 e. The van der Waals surface area contributed by atoms with E-state index in [-0.39, 0.29) is 11.5 Å². The molecular formula is C20H22N2O4. The van der Waals surface area contributed by atoms with Crippen molar-refractivity contribution in [2.24, 2.45) is 7.05 Å². The van der Waals surface area contributed by atoms with Crippen molar-refractivity contribution >= 4 is 5.78 Å². The Labute approximate surface area is 152 Å². The van der Waals surface area contributed by atoms with Crippen LogP contribution >= 0.6 is 0 Å². The summed E-state index contributed by atoms with van der Waals surface area (Å²) >= 11 is 0. The van der Waals surface area contributed by atoms with E-state index in [2.05, 4.69) is 5.10 Å². The van der Waals surface area contributed by atoms with Gasteiger partial charge in [0.15, 0.2) is 5.78 Å². The maximum Gasteiger partial charge on any atom is 0.228 e. The zero-order chi connectivity index (χ0) is 19.3. The summed E-state index contributed by atoms with van der Waals surface area (Å²) in [5.41, 5.74) is 2.28. The van der Waals surface area contributed by atoms with Crippen LogP contribution in [0.5, 0.6) is 23.1 Å². The molecule has 0 fully saturated rings. The molecule has 6 nitrogen and oxygen atoms in total. The number of nitrogens with zero attached hydrogens (tertiary/aromatic N) is 2. The standard InChI is InChI=1S/C13H14N2O3.C7H8O/c1-8-12(9(2)16)13(15(3)14-8)18-11-6-4-10(17)5-7-11;1-6-2-4-7(8)5-3-6/h4-7,17H,1-3H3;2-5,8H,1H3. The number of aromatic hydroxyl groups is 2. The van der Waals surface area contributed by atoms with E-state index in [1.807, 2.05) is 19.1 Å². The van der Waals surface area contributed by atoms with Gasteiger partial charge in [-0.3, -0.25) is 4.79 Å². The molecule has 0 saturated carbocycles. The van der Waals surface area contributed by atoms with Crippen LogP contribution in [0.3, 0.4) is 0 Å².